The molecule has 2 aromatic rings. The maximum atomic E-state index is 12.8. The third-order valence-electron chi connectivity index (χ3n) is 4.08. The standard InChI is InChI=1S/C21H22O4/c1-23-18-10-7-11-19(25-20-12-5-6-15-24-20)21(18)17(22)14-13-16-8-3-2-4-9-16/h2-4,7-11,13-14,20H,5-6,12,15H2,1H3/b14-13+. The predicted octanol–water partition coefficient (Wildman–Crippen LogP) is 4.50. The highest BCUT2D eigenvalue weighted by Gasteiger charge is 2.21. The first-order valence-corrected chi connectivity index (χ1v) is 8.50. The van der Waals surface area contributed by atoms with Crippen LogP contribution in [0.25, 0.3) is 6.08 Å². The Balaban J connectivity index is 1.84. The van der Waals surface area contributed by atoms with Gasteiger partial charge in [0.25, 0.3) is 0 Å². The molecule has 0 aliphatic carbocycles. The molecule has 3 rings (SSSR count). The summed E-state index contributed by atoms with van der Waals surface area (Å²) in [5, 5.41) is 0. The minimum absolute atomic E-state index is 0.160. The molecule has 2 aromatic carbocycles. The third kappa shape index (κ3) is 4.48. The van der Waals surface area contributed by atoms with E-state index in [2.05, 4.69) is 0 Å². The van der Waals surface area contributed by atoms with Gasteiger partial charge in [0.15, 0.2) is 12.1 Å². The summed E-state index contributed by atoms with van der Waals surface area (Å²) in [5.74, 6) is 0.831. The molecule has 1 heterocycles. The maximum absolute atomic E-state index is 12.8. The van der Waals surface area contributed by atoms with Gasteiger partial charge in [-0.15, -0.1) is 0 Å². The van der Waals surface area contributed by atoms with Crippen LogP contribution in [0, 0.1) is 0 Å². The Bertz CT molecular complexity index is 731. The first-order chi connectivity index (χ1) is 12.3. The number of methoxy groups -OCH3 is 1. The first-order valence-electron chi connectivity index (χ1n) is 8.50. The maximum Gasteiger partial charge on any atom is 0.199 e. The molecule has 0 aromatic heterocycles. The van der Waals surface area contributed by atoms with Crippen molar-refractivity contribution in [2.75, 3.05) is 13.7 Å². The zero-order valence-corrected chi connectivity index (χ0v) is 14.3. The van der Waals surface area contributed by atoms with E-state index >= 15 is 0 Å². The Kier molecular flexibility index (Phi) is 5.86. The fourth-order valence-electron chi connectivity index (χ4n) is 2.79. The van der Waals surface area contributed by atoms with Gasteiger partial charge in [-0.05, 0) is 36.6 Å². The summed E-state index contributed by atoms with van der Waals surface area (Å²) in [4.78, 5) is 12.8. The van der Waals surface area contributed by atoms with Crippen molar-refractivity contribution < 1.29 is 19.0 Å². The Labute approximate surface area is 148 Å². The van der Waals surface area contributed by atoms with Crippen molar-refractivity contribution in [1.82, 2.24) is 0 Å². The lowest BCUT2D eigenvalue weighted by molar-refractivity contribution is -0.106. The summed E-state index contributed by atoms with van der Waals surface area (Å²) in [6.07, 6.45) is 5.95. The zero-order valence-electron chi connectivity index (χ0n) is 14.3. The molecule has 0 N–H and O–H groups in total. The van der Waals surface area contributed by atoms with Crippen LogP contribution in [0.4, 0.5) is 0 Å². The monoisotopic (exact) mass is 338 g/mol. The van der Waals surface area contributed by atoms with Crippen LogP contribution in [0.15, 0.2) is 54.6 Å². The SMILES string of the molecule is COc1cccc(OC2CCCCO2)c1C(=O)/C=C/c1ccccc1. The van der Waals surface area contributed by atoms with Crippen molar-refractivity contribution in [3.8, 4) is 11.5 Å². The van der Waals surface area contributed by atoms with Crippen molar-refractivity contribution in [1.29, 1.82) is 0 Å². The molecule has 25 heavy (non-hydrogen) atoms. The van der Waals surface area contributed by atoms with Crippen molar-refractivity contribution in [3.05, 3.63) is 65.7 Å². The molecule has 4 nitrogen and oxygen atoms in total. The summed E-state index contributed by atoms with van der Waals surface area (Å²) in [6, 6.07) is 15.1. The number of ether oxygens (including phenoxy) is 3. The highest BCUT2D eigenvalue weighted by Crippen LogP contribution is 2.31. The van der Waals surface area contributed by atoms with E-state index in [9.17, 15) is 4.79 Å². The van der Waals surface area contributed by atoms with E-state index in [0.29, 0.717) is 23.7 Å². The molecule has 4 heteroatoms. The molecule has 1 unspecified atom stereocenters. The fourth-order valence-corrected chi connectivity index (χ4v) is 2.79. The van der Waals surface area contributed by atoms with Gasteiger partial charge in [-0.1, -0.05) is 42.5 Å². The summed E-state index contributed by atoms with van der Waals surface area (Å²) in [5.41, 5.74) is 1.38. The number of hydrogen-bond donors (Lipinski definition) is 0. The van der Waals surface area contributed by atoms with E-state index in [-0.39, 0.29) is 12.1 Å². The molecule has 1 saturated heterocycles. The summed E-state index contributed by atoms with van der Waals surface area (Å²) in [6.45, 7) is 0.686. The lowest BCUT2D eigenvalue weighted by Gasteiger charge is -2.24. The van der Waals surface area contributed by atoms with Crippen molar-refractivity contribution >= 4 is 11.9 Å². The molecule has 1 aliphatic heterocycles. The number of benzene rings is 2. The average molecular weight is 338 g/mol. The van der Waals surface area contributed by atoms with E-state index in [1.807, 2.05) is 36.4 Å². The van der Waals surface area contributed by atoms with Gasteiger partial charge < -0.3 is 14.2 Å². The van der Waals surface area contributed by atoms with E-state index < -0.39 is 0 Å². The smallest absolute Gasteiger partial charge is 0.199 e. The number of allylic oxidation sites excluding steroid dienone is 1. The van der Waals surface area contributed by atoms with Crippen LogP contribution >= 0.6 is 0 Å². The second-order valence-corrected chi connectivity index (χ2v) is 5.86. The number of carbonyl (C=O) groups excluding carboxylic acids is 1. The number of rotatable bonds is 6. The molecule has 0 bridgehead atoms. The highest BCUT2D eigenvalue weighted by molar-refractivity contribution is 6.10. The van der Waals surface area contributed by atoms with Crippen LogP contribution in [0.5, 0.6) is 11.5 Å². The van der Waals surface area contributed by atoms with Gasteiger partial charge in [-0.3, -0.25) is 4.79 Å². The number of ketones is 1. The Morgan fingerprint density at radius 1 is 1.08 bits per heavy atom. The second-order valence-electron chi connectivity index (χ2n) is 5.86. The Hall–Kier alpha value is -2.59. The van der Waals surface area contributed by atoms with Gasteiger partial charge >= 0.3 is 0 Å². The van der Waals surface area contributed by atoms with Gasteiger partial charge in [0, 0.05) is 6.42 Å². The van der Waals surface area contributed by atoms with Crippen LogP contribution < -0.4 is 9.47 Å². The summed E-state index contributed by atoms with van der Waals surface area (Å²) < 4.78 is 16.9. The third-order valence-corrected chi connectivity index (χ3v) is 4.08. The molecule has 0 radical (unpaired) electrons. The van der Waals surface area contributed by atoms with Crippen LogP contribution in [0.2, 0.25) is 0 Å². The zero-order chi connectivity index (χ0) is 17.5. The lowest BCUT2D eigenvalue weighted by Crippen LogP contribution is -2.25. The van der Waals surface area contributed by atoms with Gasteiger partial charge in [0.05, 0.1) is 13.7 Å². The molecule has 0 amide bonds. The van der Waals surface area contributed by atoms with Crippen LogP contribution in [0.1, 0.15) is 35.2 Å². The highest BCUT2D eigenvalue weighted by atomic mass is 16.7. The number of carbonyl (C=O) groups is 1. The molecular weight excluding hydrogens is 316 g/mol. The molecule has 1 atom stereocenters. The normalized spacial score (nSPS) is 17.4. The lowest BCUT2D eigenvalue weighted by atomic mass is 10.1. The van der Waals surface area contributed by atoms with E-state index in [1.165, 1.54) is 0 Å². The first kappa shape index (κ1) is 17.2. The predicted molar refractivity (Wildman–Crippen MR) is 97.0 cm³/mol. The van der Waals surface area contributed by atoms with Crippen molar-refractivity contribution in [2.24, 2.45) is 0 Å². The second kappa shape index (κ2) is 8.49. The Morgan fingerprint density at radius 3 is 2.60 bits per heavy atom. The van der Waals surface area contributed by atoms with Crippen molar-refractivity contribution in [3.63, 3.8) is 0 Å². The van der Waals surface area contributed by atoms with Gasteiger partial charge in [0.1, 0.15) is 17.1 Å². The molecule has 1 fully saturated rings. The molecule has 1 aliphatic rings. The minimum atomic E-state index is -0.314. The van der Waals surface area contributed by atoms with Crippen LogP contribution in [-0.2, 0) is 4.74 Å². The average Bonchev–Trinajstić information content (AvgIpc) is 2.67. The quantitative estimate of drug-likeness (QED) is 0.575. The van der Waals surface area contributed by atoms with Crippen molar-refractivity contribution in [2.45, 2.75) is 25.6 Å². The van der Waals surface area contributed by atoms with E-state index in [0.717, 1.165) is 24.8 Å². The van der Waals surface area contributed by atoms with Gasteiger partial charge in [0.2, 0.25) is 0 Å². The largest absolute Gasteiger partial charge is 0.496 e. The summed E-state index contributed by atoms with van der Waals surface area (Å²) in [7, 11) is 1.55. The van der Waals surface area contributed by atoms with E-state index in [4.69, 9.17) is 14.2 Å². The van der Waals surface area contributed by atoms with E-state index in [1.54, 1.807) is 31.4 Å². The minimum Gasteiger partial charge on any atom is -0.496 e. The Morgan fingerprint density at radius 2 is 1.88 bits per heavy atom. The fraction of sp³-hybridized carbons (Fsp3) is 0.286. The topological polar surface area (TPSA) is 44.8 Å². The van der Waals surface area contributed by atoms with Gasteiger partial charge in [-0.2, -0.15) is 0 Å². The molecule has 0 saturated carbocycles. The molecule has 130 valence electrons. The number of hydrogen-bond acceptors (Lipinski definition) is 4. The summed E-state index contributed by atoms with van der Waals surface area (Å²) >= 11 is 0. The van der Waals surface area contributed by atoms with Crippen LogP contribution in [0.3, 0.4) is 0 Å². The molecule has 0 spiro atoms. The molecular formula is C21H22O4. The van der Waals surface area contributed by atoms with Gasteiger partial charge in [-0.25, -0.2) is 0 Å². The van der Waals surface area contributed by atoms with Crippen LogP contribution in [-0.4, -0.2) is 25.8 Å².